The molecule has 2 aliphatic heterocycles. The first-order chi connectivity index (χ1) is 15.5. The van der Waals surface area contributed by atoms with E-state index in [1.165, 1.54) is 25.7 Å². The molecule has 1 aromatic carbocycles. The van der Waals surface area contributed by atoms with Crippen LogP contribution in [0.3, 0.4) is 0 Å². The number of hydrogen-bond acceptors (Lipinski definition) is 5. The Kier molecular flexibility index (Phi) is 9.33. The van der Waals surface area contributed by atoms with E-state index >= 15 is 0 Å². The van der Waals surface area contributed by atoms with Gasteiger partial charge >= 0.3 is 0 Å². The van der Waals surface area contributed by atoms with Gasteiger partial charge in [-0.1, -0.05) is 13.5 Å². The second-order valence-corrected chi connectivity index (χ2v) is 8.90. The number of anilines is 1. The van der Waals surface area contributed by atoms with Crippen LogP contribution in [-0.2, 0) is 0 Å². The average molecular weight is 460 g/mol. The van der Waals surface area contributed by atoms with Crippen LogP contribution >= 0.6 is 9.24 Å². The van der Waals surface area contributed by atoms with Gasteiger partial charge in [0.15, 0.2) is 0 Å². The lowest BCUT2D eigenvalue weighted by Crippen LogP contribution is -2.40. The van der Waals surface area contributed by atoms with E-state index in [-0.39, 0.29) is 0 Å². The average Bonchev–Trinajstić information content (AvgIpc) is 3.43. The first-order valence-electron chi connectivity index (χ1n) is 11.5. The Hall–Kier alpha value is -2.15. The maximum Gasteiger partial charge on any atom is 0.225 e. The third-order valence-corrected chi connectivity index (χ3v) is 6.30. The summed E-state index contributed by atoms with van der Waals surface area (Å²) in [7, 11) is 4.35. The number of guanidine groups is 1. The van der Waals surface area contributed by atoms with Crippen LogP contribution < -0.4 is 26.1 Å². The van der Waals surface area contributed by atoms with Gasteiger partial charge in [-0.05, 0) is 63.9 Å². The molecular weight excluding hydrogens is 421 g/mol. The summed E-state index contributed by atoms with van der Waals surface area (Å²) in [6.45, 7) is 13.3. The first-order valence-corrected chi connectivity index (χ1v) is 12.1. The number of ether oxygens (including phenoxy) is 1. The summed E-state index contributed by atoms with van der Waals surface area (Å²) in [6, 6.07) is 6.35. The molecule has 2 fully saturated rings. The number of aliphatic imine (C=N–C) groups is 2. The normalized spacial score (nSPS) is 20.4. The molecule has 0 aromatic heterocycles. The quantitative estimate of drug-likeness (QED) is 0.315. The lowest BCUT2D eigenvalue weighted by molar-refractivity contribution is 0.273. The molecule has 0 saturated carbocycles. The number of hydrogen-bond donors (Lipinski definition) is 3. The smallest absolute Gasteiger partial charge is 0.225 e. The number of methoxy groups -OCH3 is 1. The summed E-state index contributed by atoms with van der Waals surface area (Å²) in [4.78, 5) is 12.1. The minimum atomic E-state index is 0.473. The lowest BCUT2D eigenvalue weighted by Gasteiger charge is -2.21. The molecule has 2 heterocycles. The van der Waals surface area contributed by atoms with Gasteiger partial charge in [-0.2, -0.15) is 4.99 Å². The van der Waals surface area contributed by atoms with Gasteiger partial charge < -0.3 is 20.8 Å². The number of likely N-dealkylation sites (N-methyl/N-ethyl adjacent to an activating group) is 1. The van der Waals surface area contributed by atoms with Crippen LogP contribution in [0.25, 0.3) is 0 Å². The Bertz CT molecular complexity index is 836. The molecule has 1 aromatic rings. The van der Waals surface area contributed by atoms with E-state index in [1.807, 2.05) is 25.1 Å². The van der Waals surface area contributed by atoms with Crippen LogP contribution in [-0.4, -0.2) is 67.6 Å². The van der Waals surface area contributed by atoms with Crippen molar-refractivity contribution >= 4 is 32.0 Å². The van der Waals surface area contributed by atoms with Crippen molar-refractivity contribution in [3.8, 4) is 5.75 Å². The van der Waals surface area contributed by atoms with Crippen LogP contribution in [0.5, 0.6) is 5.75 Å². The summed E-state index contributed by atoms with van der Waals surface area (Å²) in [5.41, 5.74) is 4.30. The third kappa shape index (κ3) is 7.19. The molecule has 2 aliphatic rings. The van der Waals surface area contributed by atoms with Gasteiger partial charge in [-0.15, -0.1) is 9.24 Å². The van der Waals surface area contributed by atoms with E-state index < -0.39 is 0 Å². The number of amidine groups is 1. The highest BCUT2D eigenvalue weighted by molar-refractivity contribution is 7.27. The molecule has 0 amide bonds. The first kappa shape index (κ1) is 24.5. The molecule has 9 heteroatoms. The zero-order valence-corrected chi connectivity index (χ0v) is 20.8. The van der Waals surface area contributed by atoms with E-state index in [9.17, 15) is 0 Å². The van der Waals surface area contributed by atoms with Crippen LogP contribution in [0.1, 0.15) is 39.5 Å². The molecule has 0 radical (unpaired) electrons. The number of likely N-dealkylation sites (tertiary alicyclic amines) is 1. The molecule has 32 heavy (non-hydrogen) atoms. The molecule has 2 saturated heterocycles. The Morgan fingerprint density at radius 2 is 2.03 bits per heavy atom. The van der Waals surface area contributed by atoms with Crippen molar-refractivity contribution in [2.75, 3.05) is 45.2 Å². The minimum Gasteiger partial charge on any atom is -0.496 e. The number of nitrogens with one attached hydrogen (secondary N) is 3. The summed E-state index contributed by atoms with van der Waals surface area (Å²) in [5, 5.41) is 9.74. The van der Waals surface area contributed by atoms with Crippen molar-refractivity contribution < 1.29 is 4.74 Å². The van der Waals surface area contributed by atoms with Crippen molar-refractivity contribution in [2.24, 2.45) is 9.98 Å². The molecule has 2 unspecified atom stereocenters. The van der Waals surface area contributed by atoms with Crippen molar-refractivity contribution in [3.63, 3.8) is 0 Å². The molecule has 3 N–H and O–H groups in total. The van der Waals surface area contributed by atoms with Gasteiger partial charge in [0.2, 0.25) is 5.96 Å². The summed E-state index contributed by atoms with van der Waals surface area (Å²) in [6.07, 6.45) is 4.85. The largest absolute Gasteiger partial charge is 0.496 e. The minimum absolute atomic E-state index is 0.473. The van der Waals surface area contributed by atoms with Gasteiger partial charge in [0.25, 0.3) is 0 Å². The molecule has 2 atom stereocenters. The van der Waals surface area contributed by atoms with E-state index in [2.05, 4.69) is 48.7 Å². The Balaban J connectivity index is 1.68. The zero-order valence-electron chi connectivity index (χ0n) is 19.7. The topological polar surface area (TPSA) is 76.5 Å². The van der Waals surface area contributed by atoms with Gasteiger partial charge in [0.1, 0.15) is 17.4 Å². The Labute approximate surface area is 194 Å². The number of nitrogens with zero attached hydrogens (tertiary/aromatic N) is 4. The molecule has 0 aliphatic carbocycles. The molecule has 0 spiro atoms. The predicted molar refractivity (Wildman–Crippen MR) is 138 cm³/mol. The maximum absolute atomic E-state index is 5.33. The third-order valence-electron chi connectivity index (χ3n) is 5.84. The van der Waals surface area contributed by atoms with Crippen molar-refractivity contribution in [1.29, 1.82) is 0 Å². The second-order valence-electron chi connectivity index (χ2n) is 8.28. The summed E-state index contributed by atoms with van der Waals surface area (Å²) >= 11 is 0. The van der Waals surface area contributed by atoms with Gasteiger partial charge in [0.05, 0.1) is 13.7 Å². The van der Waals surface area contributed by atoms with E-state index in [4.69, 9.17) is 14.7 Å². The highest BCUT2D eigenvalue weighted by atomic mass is 31.0. The van der Waals surface area contributed by atoms with Crippen molar-refractivity contribution in [3.05, 3.63) is 30.6 Å². The lowest BCUT2D eigenvalue weighted by atomic mass is 10.2. The number of hydrazine groups is 1. The standard InChI is InChI=1S/C23H38N7OP/c1-5-29-12-8-9-20(29)16-24-23(27-18(3)28-30-13-6-7-14-30)26-17(2)25-19-10-11-21(31-4)22(32)15-19/h10-11,15,20,25H,2,5-9,12-14,16,32H2,1,3-4H3,(H2,24,26,27,28). The zero-order chi connectivity index (χ0) is 22.9. The van der Waals surface area contributed by atoms with Crippen molar-refractivity contribution in [2.45, 2.75) is 45.6 Å². The highest BCUT2D eigenvalue weighted by Crippen LogP contribution is 2.18. The predicted octanol–water partition coefficient (Wildman–Crippen LogP) is 2.53. The summed E-state index contributed by atoms with van der Waals surface area (Å²) in [5.74, 6) is 2.83. The molecule has 3 rings (SSSR count). The SMILES string of the molecule is C=C(NC(=NCC1CCCN1CC)/N=C(\C)NN1CCCC1)Nc1ccc(OC)c(P)c1. The van der Waals surface area contributed by atoms with Gasteiger partial charge in [-0.25, -0.2) is 10.0 Å². The van der Waals surface area contributed by atoms with Crippen LogP contribution in [0.4, 0.5) is 5.69 Å². The Morgan fingerprint density at radius 1 is 1.25 bits per heavy atom. The van der Waals surface area contributed by atoms with Gasteiger partial charge in [0, 0.05) is 30.1 Å². The molecular formula is C23H38N7OP. The fourth-order valence-electron chi connectivity index (χ4n) is 4.21. The molecule has 176 valence electrons. The van der Waals surface area contributed by atoms with Crippen LogP contribution in [0.2, 0.25) is 0 Å². The van der Waals surface area contributed by atoms with Crippen LogP contribution in [0, 0.1) is 0 Å². The monoisotopic (exact) mass is 459 g/mol. The molecule has 8 nitrogen and oxygen atoms in total. The fourth-order valence-corrected chi connectivity index (χ4v) is 4.60. The maximum atomic E-state index is 5.33. The fraction of sp³-hybridized carbons (Fsp3) is 0.565. The Morgan fingerprint density at radius 3 is 2.72 bits per heavy atom. The second kappa shape index (κ2) is 12.2. The summed E-state index contributed by atoms with van der Waals surface area (Å²) < 4.78 is 5.33. The number of benzene rings is 1. The van der Waals surface area contributed by atoms with Crippen molar-refractivity contribution in [1.82, 2.24) is 20.7 Å². The van der Waals surface area contributed by atoms with E-state index in [1.54, 1.807) is 7.11 Å². The number of rotatable bonds is 8. The van der Waals surface area contributed by atoms with Crippen LogP contribution in [0.15, 0.2) is 40.6 Å². The van der Waals surface area contributed by atoms with Gasteiger partial charge in [-0.3, -0.25) is 4.90 Å². The highest BCUT2D eigenvalue weighted by Gasteiger charge is 2.22. The van der Waals surface area contributed by atoms with E-state index in [0.29, 0.717) is 17.8 Å². The van der Waals surface area contributed by atoms with E-state index in [0.717, 1.165) is 55.3 Å². The molecule has 0 bridgehead atoms.